The second kappa shape index (κ2) is 6.25. The van der Waals surface area contributed by atoms with Crippen LogP contribution in [0, 0.1) is 13.8 Å². The van der Waals surface area contributed by atoms with Crippen molar-refractivity contribution in [1.29, 1.82) is 0 Å². The fraction of sp³-hybridized carbons (Fsp3) is 0.111. The summed E-state index contributed by atoms with van der Waals surface area (Å²) in [6.45, 7) is 4.20. The van der Waals surface area contributed by atoms with Gasteiger partial charge in [0.2, 0.25) is 0 Å². The van der Waals surface area contributed by atoms with Gasteiger partial charge in [-0.2, -0.15) is 0 Å². The molecule has 5 rings (SSSR count). The van der Waals surface area contributed by atoms with E-state index in [4.69, 9.17) is 0 Å². The van der Waals surface area contributed by atoms with E-state index in [0.29, 0.717) is 0 Å². The average Bonchev–Trinajstić information content (AvgIpc) is 2.97. The van der Waals surface area contributed by atoms with Crippen LogP contribution in [0.2, 0.25) is 0 Å². The molecular weight excluding hydrogens is 356 g/mol. The SMILES string of the molecule is Cc1ccc2c(c1)C(c1cccc(O)c1)(c1cccc(O)c1)c1cc(C)ccc1-2. The molecule has 1 aliphatic rings. The molecular formula is C27H22O2. The van der Waals surface area contributed by atoms with Crippen molar-refractivity contribution in [3.8, 4) is 22.6 Å². The standard InChI is InChI=1S/C27H22O2/c1-17-9-11-23-24-12-10-18(2)14-26(24)27(25(23)13-17,19-5-3-7-21(28)15-19)20-6-4-8-22(29)16-20/h3-16,28-29H,1-2H3. The van der Waals surface area contributed by atoms with Crippen LogP contribution in [0.25, 0.3) is 11.1 Å². The molecule has 0 amide bonds. The van der Waals surface area contributed by atoms with Gasteiger partial charge in [0, 0.05) is 0 Å². The Morgan fingerprint density at radius 1 is 0.552 bits per heavy atom. The molecule has 4 aromatic carbocycles. The predicted molar refractivity (Wildman–Crippen MR) is 117 cm³/mol. The Morgan fingerprint density at radius 3 is 1.41 bits per heavy atom. The van der Waals surface area contributed by atoms with Gasteiger partial charge >= 0.3 is 0 Å². The zero-order valence-electron chi connectivity index (χ0n) is 16.5. The number of hydrogen-bond acceptors (Lipinski definition) is 2. The van der Waals surface area contributed by atoms with Gasteiger partial charge in [0.15, 0.2) is 0 Å². The van der Waals surface area contributed by atoms with Gasteiger partial charge in [-0.1, -0.05) is 71.8 Å². The number of fused-ring (bicyclic) bond motifs is 3. The van der Waals surface area contributed by atoms with Gasteiger partial charge in [-0.25, -0.2) is 0 Å². The van der Waals surface area contributed by atoms with E-state index in [-0.39, 0.29) is 11.5 Å². The van der Waals surface area contributed by atoms with Crippen LogP contribution in [-0.2, 0) is 5.41 Å². The monoisotopic (exact) mass is 378 g/mol. The highest BCUT2D eigenvalue weighted by Crippen LogP contribution is 2.57. The van der Waals surface area contributed by atoms with Crippen LogP contribution in [0.1, 0.15) is 33.4 Å². The molecule has 1 aliphatic carbocycles. The lowest BCUT2D eigenvalue weighted by Crippen LogP contribution is -2.28. The normalized spacial score (nSPS) is 13.7. The summed E-state index contributed by atoms with van der Waals surface area (Å²) in [6.07, 6.45) is 0. The van der Waals surface area contributed by atoms with Crippen molar-refractivity contribution >= 4 is 0 Å². The van der Waals surface area contributed by atoms with Gasteiger partial charge in [0.05, 0.1) is 5.41 Å². The Kier molecular flexibility index (Phi) is 3.78. The fourth-order valence-corrected chi connectivity index (χ4v) is 4.82. The molecule has 4 aromatic rings. The molecule has 0 bridgehead atoms. The van der Waals surface area contributed by atoms with Crippen LogP contribution in [0.4, 0.5) is 0 Å². The first-order chi connectivity index (χ1) is 14.0. The molecule has 0 spiro atoms. The summed E-state index contributed by atoms with van der Waals surface area (Å²) in [5, 5.41) is 20.7. The third-order valence-electron chi connectivity index (χ3n) is 6.01. The van der Waals surface area contributed by atoms with Gasteiger partial charge in [-0.15, -0.1) is 0 Å². The molecule has 29 heavy (non-hydrogen) atoms. The van der Waals surface area contributed by atoms with Crippen LogP contribution < -0.4 is 0 Å². The largest absolute Gasteiger partial charge is 0.508 e. The molecule has 0 unspecified atom stereocenters. The molecule has 0 radical (unpaired) electrons. The number of rotatable bonds is 2. The van der Waals surface area contributed by atoms with Gasteiger partial charge in [-0.3, -0.25) is 0 Å². The quantitative estimate of drug-likeness (QED) is 0.391. The Bertz CT molecular complexity index is 1150. The first kappa shape index (κ1) is 17.6. The van der Waals surface area contributed by atoms with E-state index in [1.165, 1.54) is 33.4 Å². The molecule has 2 heteroatoms. The second-order valence-electron chi connectivity index (χ2n) is 7.95. The lowest BCUT2D eigenvalue weighted by Gasteiger charge is -2.34. The summed E-state index contributed by atoms with van der Waals surface area (Å²) in [6, 6.07) is 28.1. The minimum Gasteiger partial charge on any atom is -0.508 e. The molecule has 0 fully saturated rings. The lowest BCUT2D eigenvalue weighted by atomic mass is 9.67. The summed E-state index contributed by atoms with van der Waals surface area (Å²) < 4.78 is 0. The Morgan fingerprint density at radius 2 is 1.00 bits per heavy atom. The third-order valence-corrected chi connectivity index (χ3v) is 6.01. The molecule has 0 saturated carbocycles. The highest BCUT2D eigenvalue weighted by molar-refractivity contribution is 5.87. The molecule has 2 N–H and O–H groups in total. The minimum absolute atomic E-state index is 0.234. The van der Waals surface area contributed by atoms with Crippen molar-refractivity contribution < 1.29 is 10.2 Å². The molecule has 0 heterocycles. The maximum atomic E-state index is 10.3. The number of phenols is 2. The molecule has 0 saturated heterocycles. The number of aryl methyl sites for hydroxylation is 2. The maximum absolute atomic E-state index is 10.3. The van der Waals surface area contributed by atoms with Gasteiger partial charge < -0.3 is 10.2 Å². The van der Waals surface area contributed by atoms with Gasteiger partial charge in [0.1, 0.15) is 11.5 Å². The lowest BCUT2D eigenvalue weighted by molar-refractivity contribution is 0.472. The van der Waals surface area contributed by atoms with Crippen LogP contribution in [0.15, 0.2) is 84.9 Å². The summed E-state index contributed by atoms with van der Waals surface area (Å²) in [4.78, 5) is 0. The Balaban J connectivity index is 2.01. The Hall–Kier alpha value is -3.52. The van der Waals surface area contributed by atoms with E-state index in [1.54, 1.807) is 12.1 Å². The van der Waals surface area contributed by atoms with Crippen molar-refractivity contribution in [2.45, 2.75) is 19.3 Å². The van der Waals surface area contributed by atoms with Crippen LogP contribution in [0.5, 0.6) is 11.5 Å². The minimum atomic E-state index is -0.611. The van der Waals surface area contributed by atoms with E-state index in [1.807, 2.05) is 24.3 Å². The average molecular weight is 378 g/mol. The van der Waals surface area contributed by atoms with E-state index >= 15 is 0 Å². The predicted octanol–water partition coefficient (Wildman–Crippen LogP) is 6.08. The van der Waals surface area contributed by atoms with Gasteiger partial charge in [-0.05, 0) is 71.5 Å². The van der Waals surface area contributed by atoms with Crippen LogP contribution in [-0.4, -0.2) is 10.2 Å². The second-order valence-corrected chi connectivity index (χ2v) is 7.95. The molecule has 2 nitrogen and oxygen atoms in total. The highest BCUT2D eigenvalue weighted by atomic mass is 16.3. The zero-order chi connectivity index (χ0) is 20.2. The first-order valence-electron chi connectivity index (χ1n) is 9.82. The highest BCUT2D eigenvalue weighted by Gasteiger charge is 2.46. The van der Waals surface area contributed by atoms with Crippen LogP contribution >= 0.6 is 0 Å². The van der Waals surface area contributed by atoms with E-state index < -0.39 is 5.41 Å². The topological polar surface area (TPSA) is 40.5 Å². The van der Waals surface area contributed by atoms with Gasteiger partial charge in [0.25, 0.3) is 0 Å². The number of hydrogen-bond donors (Lipinski definition) is 2. The Labute approximate surface area is 170 Å². The molecule has 142 valence electrons. The number of benzene rings is 4. The first-order valence-corrected chi connectivity index (χ1v) is 9.82. The number of aromatic hydroxyl groups is 2. The zero-order valence-corrected chi connectivity index (χ0v) is 16.5. The summed E-state index contributed by atoms with van der Waals surface area (Å²) in [5.74, 6) is 0.467. The maximum Gasteiger partial charge on any atom is 0.115 e. The third kappa shape index (κ3) is 2.49. The smallest absolute Gasteiger partial charge is 0.115 e. The van der Waals surface area contributed by atoms with Crippen molar-refractivity contribution in [3.05, 3.63) is 118 Å². The van der Waals surface area contributed by atoms with E-state index in [9.17, 15) is 10.2 Å². The number of phenolic OH excluding ortho intramolecular Hbond substituents is 2. The summed E-state index contributed by atoms with van der Waals surface area (Å²) in [7, 11) is 0. The summed E-state index contributed by atoms with van der Waals surface area (Å²) >= 11 is 0. The van der Waals surface area contributed by atoms with Crippen LogP contribution in [0.3, 0.4) is 0 Å². The van der Waals surface area contributed by atoms with E-state index in [0.717, 1.165) is 11.1 Å². The van der Waals surface area contributed by atoms with Crippen molar-refractivity contribution in [3.63, 3.8) is 0 Å². The molecule has 0 aromatic heterocycles. The van der Waals surface area contributed by atoms with E-state index in [2.05, 4.69) is 62.4 Å². The summed E-state index contributed by atoms with van der Waals surface area (Å²) in [5.41, 5.74) is 8.45. The van der Waals surface area contributed by atoms with Crippen molar-refractivity contribution in [1.82, 2.24) is 0 Å². The van der Waals surface area contributed by atoms with Crippen molar-refractivity contribution in [2.75, 3.05) is 0 Å². The molecule has 0 atom stereocenters. The molecule has 0 aliphatic heterocycles. The fourth-order valence-electron chi connectivity index (χ4n) is 4.82. The van der Waals surface area contributed by atoms with Crippen molar-refractivity contribution in [2.24, 2.45) is 0 Å².